The quantitative estimate of drug-likeness (QED) is 0.828. The van der Waals surface area contributed by atoms with Gasteiger partial charge in [-0.25, -0.2) is 4.79 Å². The van der Waals surface area contributed by atoms with Crippen LogP contribution in [0.3, 0.4) is 0 Å². The van der Waals surface area contributed by atoms with Crippen LogP contribution in [0.2, 0.25) is 0 Å². The SMILES string of the molecule is O=C(O)CC1CCCN1C(=O)N1CCOC2CCCC21. The van der Waals surface area contributed by atoms with E-state index in [4.69, 9.17) is 9.84 Å². The number of hydrogen-bond acceptors (Lipinski definition) is 3. The van der Waals surface area contributed by atoms with Crippen LogP contribution in [0, 0.1) is 0 Å². The molecule has 3 rings (SSSR count). The van der Waals surface area contributed by atoms with E-state index in [0.717, 1.165) is 32.1 Å². The third-order valence-corrected chi connectivity index (χ3v) is 4.76. The molecule has 2 amide bonds. The highest BCUT2D eigenvalue weighted by Gasteiger charge is 2.42. The minimum Gasteiger partial charge on any atom is -0.481 e. The zero-order valence-electron chi connectivity index (χ0n) is 11.7. The molecule has 0 radical (unpaired) electrons. The molecule has 2 saturated heterocycles. The van der Waals surface area contributed by atoms with E-state index in [1.54, 1.807) is 4.90 Å². The fraction of sp³-hybridized carbons (Fsp3) is 0.857. The number of likely N-dealkylation sites (tertiary alicyclic amines) is 1. The van der Waals surface area contributed by atoms with E-state index in [1.807, 2.05) is 4.90 Å². The first kappa shape index (κ1) is 13.7. The summed E-state index contributed by atoms with van der Waals surface area (Å²) in [7, 11) is 0. The minimum atomic E-state index is -0.824. The normalized spacial score (nSPS) is 33.3. The van der Waals surface area contributed by atoms with Crippen molar-refractivity contribution in [2.75, 3.05) is 19.7 Å². The number of nitrogens with zero attached hydrogens (tertiary/aromatic N) is 2. The summed E-state index contributed by atoms with van der Waals surface area (Å²) < 4.78 is 5.73. The van der Waals surface area contributed by atoms with Crippen molar-refractivity contribution in [1.29, 1.82) is 0 Å². The average Bonchev–Trinajstić information content (AvgIpc) is 3.05. The number of ether oxygens (including phenoxy) is 1. The molecule has 0 aromatic rings. The molecule has 6 nitrogen and oxygen atoms in total. The predicted molar refractivity (Wildman–Crippen MR) is 71.5 cm³/mol. The Morgan fingerprint density at radius 3 is 2.75 bits per heavy atom. The molecule has 2 heterocycles. The number of fused-ring (bicyclic) bond motifs is 1. The van der Waals surface area contributed by atoms with Crippen LogP contribution < -0.4 is 0 Å². The highest BCUT2D eigenvalue weighted by Crippen LogP contribution is 2.32. The molecule has 6 heteroatoms. The lowest BCUT2D eigenvalue weighted by Gasteiger charge is -2.40. The van der Waals surface area contributed by atoms with Gasteiger partial charge in [0.2, 0.25) is 0 Å². The third kappa shape index (κ3) is 2.49. The minimum absolute atomic E-state index is 0.0222. The second-order valence-electron chi connectivity index (χ2n) is 5.97. The zero-order valence-corrected chi connectivity index (χ0v) is 11.7. The summed E-state index contributed by atoms with van der Waals surface area (Å²) in [5.41, 5.74) is 0. The Balaban J connectivity index is 1.69. The lowest BCUT2D eigenvalue weighted by molar-refractivity contribution is -0.138. The highest BCUT2D eigenvalue weighted by atomic mass is 16.5. The largest absolute Gasteiger partial charge is 0.481 e. The smallest absolute Gasteiger partial charge is 0.320 e. The molecule has 20 heavy (non-hydrogen) atoms. The van der Waals surface area contributed by atoms with Crippen molar-refractivity contribution in [3.8, 4) is 0 Å². The van der Waals surface area contributed by atoms with Crippen LogP contribution in [-0.4, -0.2) is 64.8 Å². The van der Waals surface area contributed by atoms with Gasteiger partial charge in [0.25, 0.3) is 0 Å². The van der Waals surface area contributed by atoms with Crippen LogP contribution in [0.1, 0.15) is 38.5 Å². The first-order valence-corrected chi connectivity index (χ1v) is 7.57. The fourth-order valence-corrected chi connectivity index (χ4v) is 3.83. The molecule has 1 aliphatic carbocycles. The maximum Gasteiger partial charge on any atom is 0.320 e. The van der Waals surface area contributed by atoms with Crippen LogP contribution >= 0.6 is 0 Å². The third-order valence-electron chi connectivity index (χ3n) is 4.76. The maximum absolute atomic E-state index is 12.7. The number of carboxylic acids is 1. The van der Waals surface area contributed by atoms with E-state index >= 15 is 0 Å². The summed E-state index contributed by atoms with van der Waals surface area (Å²) in [6, 6.07) is 0.0824. The van der Waals surface area contributed by atoms with Crippen LogP contribution in [0.25, 0.3) is 0 Å². The molecule has 0 aromatic carbocycles. The Morgan fingerprint density at radius 2 is 1.95 bits per heavy atom. The molecule has 112 valence electrons. The van der Waals surface area contributed by atoms with E-state index in [9.17, 15) is 9.59 Å². The molecule has 0 spiro atoms. The van der Waals surface area contributed by atoms with Crippen molar-refractivity contribution in [3.05, 3.63) is 0 Å². The first-order valence-electron chi connectivity index (χ1n) is 7.57. The summed E-state index contributed by atoms with van der Waals surface area (Å²) >= 11 is 0. The van der Waals surface area contributed by atoms with E-state index in [1.165, 1.54) is 0 Å². The van der Waals surface area contributed by atoms with Gasteiger partial charge in [0, 0.05) is 19.1 Å². The number of urea groups is 1. The molecule has 1 saturated carbocycles. The molecule has 0 aromatic heterocycles. The van der Waals surface area contributed by atoms with Gasteiger partial charge in [-0.2, -0.15) is 0 Å². The van der Waals surface area contributed by atoms with Crippen LogP contribution in [-0.2, 0) is 9.53 Å². The topological polar surface area (TPSA) is 70.1 Å². The lowest BCUT2D eigenvalue weighted by Crippen LogP contribution is -2.56. The zero-order chi connectivity index (χ0) is 14.1. The number of morpholine rings is 1. The van der Waals surface area contributed by atoms with E-state index in [0.29, 0.717) is 19.7 Å². The summed E-state index contributed by atoms with van der Waals surface area (Å²) in [6.45, 7) is 1.92. The second-order valence-corrected chi connectivity index (χ2v) is 5.97. The van der Waals surface area contributed by atoms with Crippen LogP contribution in [0.5, 0.6) is 0 Å². The van der Waals surface area contributed by atoms with Crippen molar-refractivity contribution in [2.45, 2.75) is 56.7 Å². The van der Waals surface area contributed by atoms with Crippen molar-refractivity contribution in [3.63, 3.8) is 0 Å². The van der Waals surface area contributed by atoms with Gasteiger partial charge < -0.3 is 19.6 Å². The Labute approximate surface area is 118 Å². The lowest BCUT2D eigenvalue weighted by atomic mass is 10.1. The number of hydrogen-bond donors (Lipinski definition) is 1. The number of rotatable bonds is 2. The van der Waals surface area contributed by atoms with Gasteiger partial charge in [0.15, 0.2) is 0 Å². The van der Waals surface area contributed by atoms with Crippen LogP contribution in [0.4, 0.5) is 4.79 Å². The van der Waals surface area contributed by atoms with Gasteiger partial charge in [0.05, 0.1) is 25.2 Å². The number of carbonyl (C=O) groups excluding carboxylic acids is 1. The number of aliphatic carboxylic acids is 1. The number of carbonyl (C=O) groups is 2. The summed E-state index contributed by atoms with van der Waals surface area (Å²) in [5.74, 6) is -0.824. The highest BCUT2D eigenvalue weighted by molar-refractivity contribution is 5.77. The van der Waals surface area contributed by atoms with E-state index in [-0.39, 0.29) is 30.6 Å². The van der Waals surface area contributed by atoms with Crippen molar-refractivity contribution in [1.82, 2.24) is 9.80 Å². The molecule has 3 aliphatic rings. The van der Waals surface area contributed by atoms with Gasteiger partial charge in [-0.15, -0.1) is 0 Å². The number of carboxylic acid groups (broad SMARTS) is 1. The summed E-state index contributed by atoms with van der Waals surface area (Å²) in [4.78, 5) is 27.4. The van der Waals surface area contributed by atoms with Crippen LogP contribution in [0.15, 0.2) is 0 Å². The standard InChI is InChI=1S/C14H22N2O4/c17-13(18)9-10-3-2-6-15(10)14(19)16-7-8-20-12-5-1-4-11(12)16/h10-12H,1-9H2,(H,17,18). The fourth-order valence-electron chi connectivity index (χ4n) is 3.83. The molecular formula is C14H22N2O4. The molecule has 2 aliphatic heterocycles. The Bertz CT molecular complexity index is 401. The molecule has 3 unspecified atom stereocenters. The van der Waals surface area contributed by atoms with Gasteiger partial charge in [-0.1, -0.05) is 0 Å². The van der Waals surface area contributed by atoms with E-state index < -0.39 is 5.97 Å². The molecule has 3 fully saturated rings. The number of amides is 2. The van der Waals surface area contributed by atoms with Crippen molar-refractivity contribution in [2.24, 2.45) is 0 Å². The Kier molecular flexibility index (Phi) is 3.83. The Hall–Kier alpha value is -1.30. The second kappa shape index (κ2) is 5.60. The average molecular weight is 282 g/mol. The molecule has 1 N–H and O–H groups in total. The van der Waals surface area contributed by atoms with E-state index in [2.05, 4.69) is 0 Å². The van der Waals surface area contributed by atoms with Gasteiger partial charge >= 0.3 is 12.0 Å². The first-order chi connectivity index (χ1) is 9.66. The summed E-state index contributed by atoms with van der Waals surface area (Å²) in [5, 5.41) is 8.96. The molecule has 0 bridgehead atoms. The predicted octanol–water partition coefficient (Wildman–Crippen LogP) is 1.30. The maximum atomic E-state index is 12.7. The summed E-state index contributed by atoms with van der Waals surface area (Å²) in [6.07, 6.45) is 5.11. The molecule has 3 atom stereocenters. The Morgan fingerprint density at radius 1 is 1.10 bits per heavy atom. The van der Waals surface area contributed by atoms with Crippen molar-refractivity contribution < 1.29 is 19.4 Å². The van der Waals surface area contributed by atoms with Gasteiger partial charge in [0.1, 0.15) is 0 Å². The van der Waals surface area contributed by atoms with Crippen molar-refractivity contribution >= 4 is 12.0 Å². The van der Waals surface area contributed by atoms with Gasteiger partial charge in [-0.05, 0) is 32.1 Å². The monoisotopic (exact) mass is 282 g/mol. The molecular weight excluding hydrogens is 260 g/mol. The van der Waals surface area contributed by atoms with Gasteiger partial charge in [-0.3, -0.25) is 4.79 Å².